The zero-order chi connectivity index (χ0) is 14.0. The highest BCUT2D eigenvalue weighted by Gasteiger charge is 2.64. The number of nitrogen functional groups attached to an aromatic ring is 1. The van der Waals surface area contributed by atoms with Gasteiger partial charge >= 0.3 is 0 Å². The summed E-state index contributed by atoms with van der Waals surface area (Å²) < 4.78 is 2.18. The Balaban J connectivity index is 2.02. The molecule has 1 aliphatic carbocycles. The molecule has 1 aromatic carbocycles. The van der Waals surface area contributed by atoms with E-state index in [0.717, 1.165) is 17.6 Å². The van der Waals surface area contributed by atoms with Crippen LogP contribution in [0.5, 0.6) is 0 Å². The molecule has 3 heteroatoms. The molecule has 0 unspecified atom stereocenters. The van der Waals surface area contributed by atoms with Crippen molar-refractivity contribution in [2.24, 2.45) is 16.7 Å². The first-order valence-electron chi connectivity index (χ1n) is 6.97. The third-order valence-electron chi connectivity index (χ3n) is 5.62. The summed E-state index contributed by atoms with van der Waals surface area (Å²) in [6.45, 7) is 12.5. The fourth-order valence-electron chi connectivity index (χ4n) is 3.42. The molecule has 3 rings (SSSR count). The van der Waals surface area contributed by atoms with Crippen LogP contribution in [0.15, 0.2) is 18.2 Å². The first-order valence-corrected chi connectivity index (χ1v) is 6.97. The van der Waals surface area contributed by atoms with Crippen LogP contribution in [0.4, 0.5) is 5.95 Å². The van der Waals surface area contributed by atoms with Crippen molar-refractivity contribution in [3.05, 3.63) is 23.8 Å². The largest absolute Gasteiger partial charge is 0.369 e. The molecule has 19 heavy (non-hydrogen) atoms. The third-order valence-corrected chi connectivity index (χ3v) is 5.62. The molecule has 2 aromatic rings. The van der Waals surface area contributed by atoms with E-state index in [1.807, 2.05) is 0 Å². The monoisotopic (exact) mass is 257 g/mol. The molecular formula is C16H23N3. The minimum Gasteiger partial charge on any atom is -0.369 e. The number of imidazole rings is 1. The highest BCUT2D eigenvalue weighted by atomic mass is 15.2. The Bertz CT molecular complexity index is 635. The van der Waals surface area contributed by atoms with E-state index in [2.05, 4.69) is 62.4 Å². The molecule has 3 nitrogen and oxygen atoms in total. The quantitative estimate of drug-likeness (QED) is 0.893. The Kier molecular flexibility index (Phi) is 2.32. The van der Waals surface area contributed by atoms with Gasteiger partial charge in [0.15, 0.2) is 0 Å². The summed E-state index contributed by atoms with van der Waals surface area (Å²) in [5.74, 6) is 1.29. The van der Waals surface area contributed by atoms with Crippen LogP contribution in [0.25, 0.3) is 11.0 Å². The summed E-state index contributed by atoms with van der Waals surface area (Å²) in [6, 6.07) is 6.33. The number of aryl methyl sites for hydroxylation is 1. The third kappa shape index (κ3) is 1.60. The number of nitrogens with zero attached hydrogens (tertiary/aromatic N) is 2. The van der Waals surface area contributed by atoms with E-state index in [1.54, 1.807) is 0 Å². The number of rotatable bonds is 2. The van der Waals surface area contributed by atoms with Crippen molar-refractivity contribution in [3.8, 4) is 0 Å². The zero-order valence-electron chi connectivity index (χ0n) is 12.5. The summed E-state index contributed by atoms with van der Waals surface area (Å²) >= 11 is 0. The molecule has 0 saturated heterocycles. The first kappa shape index (κ1) is 12.5. The van der Waals surface area contributed by atoms with Crippen LogP contribution in [0.3, 0.4) is 0 Å². The van der Waals surface area contributed by atoms with Gasteiger partial charge in [0.2, 0.25) is 5.95 Å². The second-order valence-corrected chi connectivity index (χ2v) is 7.07. The molecule has 1 heterocycles. The number of anilines is 1. The van der Waals surface area contributed by atoms with Crippen molar-refractivity contribution in [2.75, 3.05) is 5.73 Å². The van der Waals surface area contributed by atoms with Crippen LogP contribution < -0.4 is 5.73 Å². The number of hydrogen-bond donors (Lipinski definition) is 1. The summed E-state index contributed by atoms with van der Waals surface area (Å²) in [6.07, 6.45) is 0. The Morgan fingerprint density at radius 3 is 2.42 bits per heavy atom. The molecule has 0 radical (unpaired) electrons. The molecule has 0 bridgehead atoms. The van der Waals surface area contributed by atoms with Crippen molar-refractivity contribution in [1.29, 1.82) is 0 Å². The van der Waals surface area contributed by atoms with Gasteiger partial charge in [0, 0.05) is 6.54 Å². The molecule has 1 saturated carbocycles. The second kappa shape index (κ2) is 3.53. The maximum Gasteiger partial charge on any atom is 0.201 e. The van der Waals surface area contributed by atoms with E-state index in [-0.39, 0.29) is 0 Å². The van der Waals surface area contributed by atoms with E-state index in [1.165, 1.54) is 5.56 Å². The topological polar surface area (TPSA) is 43.8 Å². The predicted molar refractivity (Wildman–Crippen MR) is 79.9 cm³/mol. The second-order valence-electron chi connectivity index (χ2n) is 7.07. The van der Waals surface area contributed by atoms with Crippen LogP contribution in [0.2, 0.25) is 0 Å². The zero-order valence-corrected chi connectivity index (χ0v) is 12.5. The van der Waals surface area contributed by atoms with Crippen molar-refractivity contribution in [1.82, 2.24) is 9.55 Å². The number of benzene rings is 1. The lowest BCUT2D eigenvalue weighted by atomic mass is 10.0. The SMILES string of the molecule is Cc1ccc2nc(N)n(CC3C(C)(C)C3(C)C)c2c1. The maximum atomic E-state index is 6.11. The average molecular weight is 257 g/mol. The molecule has 1 fully saturated rings. The molecular weight excluding hydrogens is 234 g/mol. The van der Waals surface area contributed by atoms with Gasteiger partial charge in [-0.05, 0) is 41.4 Å². The van der Waals surface area contributed by atoms with Crippen LogP contribution in [0.1, 0.15) is 33.3 Å². The summed E-state index contributed by atoms with van der Waals surface area (Å²) in [5, 5.41) is 0. The standard InChI is InChI=1S/C16H23N3/c1-10-6-7-11-12(8-10)19(14(17)18-11)9-13-15(2,3)16(13,4)5/h6-8,13H,9H2,1-5H3,(H2,17,18). The minimum atomic E-state index is 0.375. The number of nitrogens with two attached hydrogens (primary N) is 1. The summed E-state index contributed by atoms with van der Waals surface area (Å²) in [5.41, 5.74) is 10.3. The van der Waals surface area contributed by atoms with E-state index in [0.29, 0.717) is 22.7 Å². The molecule has 0 aliphatic heterocycles. The number of fused-ring (bicyclic) bond motifs is 1. The lowest BCUT2D eigenvalue weighted by molar-refractivity contribution is 0.457. The highest BCUT2D eigenvalue weighted by Crippen LogP contribution is 2.69. The van der Waals surface area contributed by atoms with Gasteiger partial charge < -0.3 is 10.3 Å². The van der Waals surface area contributed by atoms with Gasteiger partial charge in [-0.3, -0.25) is 0 Å². The Morgan fingerprint density at radius 1 is 1.21 bits per heavy atom. The van der Waals surface area contributed by atoms with Gasteiger partial charge in [0.1, 0.15) is 0 Å². The Morgan fingerprint density at radius 2 is 1.84 bits per heavy atom. The summed E-state index contributed by atoms with van der Waals surface area (Å²) in [7, 11) is 0. The Hall–Kier alpha value is -1.51. The van der Waals surface area contributed by atoms with Crippen LogP contribution in [-0.4, -0.2) is 9.55 Å². The van der Waals surface area contributed by atoms with Gasteiger partial charge in [-0.1, -0.05) is 33.8 Å². The molecule has 0 atom stereocenters. The smallest absolute Gasteiger partial charge is 0.201 e. The van der Waals surface area contributed by atoms with Gasteiger partial charge in [0.05, 0.1) is 11.0 Å². The van der Waals surface area contributed by atoms with Gasteiger partial charge in [0.25, 0.3) is 0 Å². The fraction of sp³-hybridized carbons (Fsp3) is 0.562. The fourth-order valence-corrected chi connectivity index (χ4v) is 3.42. The van der Waals surface area contributed by atoms with E-state index < -0.39 is 0 Å². The predicted octanol–water partition coefficient (Wildman–Crippen LogP) is 3.61. The van der Waals surface area contributed by atoms with Gasteiger partial charge in [-0.2, -0.15) is 0 Å². The van der Waals surface area contributed by atoms with E-state index >= 15 is 0 Å². The highest BCUT2D eigenvalue weighted by molar-refractivity contribution is 5.79. The Labute approximate surface area is 114 Å². The van der Waals surface area contributed by atoms with Crippen LogP contribution in [-0.2, 0) is 6.54 Å². The lowest BCUT2D eigenvalue weighted by Gasteiger charge is -2.08. The first-order chi connectivity index (χ1) is 8.75. The normalized spacial score (nSPS) is 20.9. The minimum absolute atomic E-state index is 0.375. The summed E-state index contributed by atoms with van der Waals surface area (Å²) in [4.78, 5) is 4.47. The maximum absolute atomic E-state index is 6.11. The number of aromatic nitrogens is 2. The molecule has 102 valence electrons. The molecule has 1 aromatic heterocycles. The van der Waals surface area contributed by atoms with Crippen molar-refractivity contribution < 1.29 is 0 Å². The van der Waals surface area contributed by atoms with E-state index in [4.69, 9.17) is 5.73 Å². The molecule has 0 spiro atoms. The molecule has 1 aliphatic rings. The number of hydrogen-bond acceptors (Lipinski definition) is 2. The van der Waals surface area contributed by atoms with Crippen molar-refractivity contribution >= 4 is 17.0 Å². The van der Waals surface area contributed by atoms with Gasteiger partial charge in [-0.15, -0.1) is 0 Å². The van der Waals surface area contributed by atoms with Crippen molar-refractivity contribution in [2.45, 2.75) is 41.2 Å². The molecule has 2 N–H and O–H groups in total. The lowest BCUT2D eigenvalue weighted by Crippen LogP contribution is -2.08. The van der Waals surface area contributed by atoms with Crippen LogP contribution >= 0.6 is 0 Å². The van der Waals surface area contributed by atoms with Gasteiger partial charge in [-0.25, -0.2) is 4.98 Å². The van der Waals surface area contributed by atoms with Crippen LogP contribution in [0, 0.1) is 23.7 Å². The van der Waals surface area contributed by atoms with E-state index in [9.17, 15) is 0 Å². The molecule has 0 amide bonds. The van der Waals surface area contributed by atoms with Crippen molar-refractivity contribution in [3.63, 3.8) is 0 Å². The average Bonchev–Trinajstić information content (AvgIpc) is 2.58.